The molecule has 1 N–H and O–H groups in total. The first kappa shape index (κ1) is 16.4. The van der Waals surface area contributed by atoms with Crippen LogP contribution in [-0.2, 0) is 6.54 Å². The lowest BCUT2D eigenvalue weighted by Crippen LogP contribution is -2.48. The molecule has 0 spiro atoms. The quantitative estimate of drug-likeness (QED) is 0.851. The molecule has 0 saturated heterocycles. The van der Waals surface area contributed by atoms with Crippen LogP contribution in [0.15, 0.2) is 12.1 Å². The number of fused-ring (bicyclic) bond motifs is 1. The van der Waals surface area contributed by atoms with Gasteiger partial charge in [-0.25, -0.2) is 0 Å². The summed E-state index contributed by atoms with van der Waals surface area (Å²) >= 11 is 0. The van der Waals surface area contributed by atoms with Crippen molar-refractivity contribution >= 4 is 5.69 Å². The van der Waals surface area contributed by atoms with E-state index in [2.05, 4.69) is 57.0 Å². The SMILES string of the molecule is CCCCN1c2cc(C)c(CNC)cc2[C@H](C)CC1(C)C. The molecule has 1 heterocycles. The summed E-state index contributed by atoms with van der Waals surface area (Å²) in [4.78, 5) is 2.65. The topological polar surface area (TPSA) is 15.3 Å². The molecule has 0 aromatic heterocycles. The van der Waals surface area contributed by atoms with Crippen molar-refractivity contribution in [2.75, 3.05) is 18.5 Å². The van der Waals surface area contributed by atoms with Gasteiger partial charge in [0.1, 0.15) is 0 Å². The van der Waals surface area contributed by atoms with Gasteiger partial charge in [-0.1, -0.05) is 26.3 Å². The van der Waals surface area contributed by atoms with Crippen LogP contribution in [0.5, 0.6) is 0 Å². The maximum Gasteiger partial charge on any atom is 0.0408 e. The van der Waals surface area contributed by atoms with Crippen LogP contribution in [0, 0.1) is 6.92 Å². The number of rotatable bonds is 5. The molecule has 1 atom stereocenters. The number of anilines is 1. The monoisotopic (exact) mass is 288 g/mol. The third kappa shape index (κ3) is 3.26. The summed E-state index contributed by atoms with van der Waals surface area (Å²) in [7, 11) is 2.03. The summed E-state index contributed by atoms with van der Waals surface area (Å²) in [5.74, 6) is 0.643. The second-order valence-corrected chi connectivity index (χ2v) is 7.29. The molecule has 2 rings (SSSR count). The van der Waals surface area contributed by atoms with Gasteiger partial charge < -0.3 is 10.2 Å². The summed E-state index contributed by atoms with van der Waals surface area (Å²) < 4.78 is 0. The van der Waals surface area contributed by atoms with Crippen molar-refractivity contribution in [3.8, 4) is 0 Å². The minimum absolute atomic E-state index is 0.262. The lowest BCUT2D eigenvalue weighted by molar-refractivity contribution is 0.373. The molecular formula is C19H32N2. The van der Waals surface area contributed by atoms with Crippen molar-refractivity contribution in [3.63, 3.8) is 0 Å². The highest BCUT2D eigenvalue weighted by Crippen LogP contribution is 2.44. The zero-order chi connectivity index (χ0) is 15.6. The zero-order valence-electron chi connectivity index (χ0n) is 14.7. The van der Waals surface area contributed by atoms with Crippen LogP contribution in [0.3, 0.4) is 0 Å². The second kappa shape index (κ2) is 6.39. The fraction of sp³-hybridized carbons (Fsp3) is 0.684. The first-order valence-electron chi connectivity index (χ1n) is 8.46. The molecule has 0 fully saturated rings. The summed E-state index contributed by atoms with van der Waals surface area (Å²) in [5.41, 5.74) is 6.14. The highest BCUT2D eigenvalue weighted by Gasteiger charge is 2.36. The highest BCUT2D eigenvalue weighted by atomic mass is 15.2. The van der Waals surface area contributed by atoms with Gasteiger partial charge in [0.05, 0.1) is 0 Å². The number of nitrogens with zero attached hydrogens (tertiary/aromatic N) is 1. The van der Waals surface area contributed by atoms with E-state index in [1.807, 2.05) is 7.05 Å². The first-order chi connectivity index (χ1) is 9.90. The van der Waals surface area contributed by atoms with Crippen LogP contribution < -0.4 is 10.2 Å². The van der Waals surface area contributed by atoms with E-state index in [9.17, 15) is 0 Å². The van der Waals surface area contributed by atoms with E-state index in [0.29, 0.717) is 5.92 Å². The molecule has 1 aliphatic heterocycles. The van der Waals surface area contributed by atoms with Gasteiger partial charge in [0, 0.05) is 24.3 Å². The van der Waals surface area contributed by atoms with E-state index in [4.69, 9.17) is 0 Å². The van der Waals surface area contributed by atoms with Crippen LogP contribution in [-0.4, -0.2) is 19.1 Å². The smallest absolute Gasteiger partial charge is 0.0408 e. The van der Waals surface area contributed by atoms with Crippen molar-refractivity contribution in [2.45, 2.75) is 71.9 Å². The van der Waals surface area contributed by atoms with E-state index in [-0.39, 0.29) is 5.54 Å². The Morgan fingerprint density at radius 1 is 1.33 bits per heavy atom. The first-order valence-corrected chi connectivity index (χ1v) is 8.46. The molecule has 21 heavy (non-hydrogen) atoms. The van der Waals surface area contributed by atoms with E-state index in [1.165, 1.54) is 42.6 Å². The minimum Gasteiger partial charge on any atom is -0.366 e. The van der Waals surface area contributed by atoms with Gasteiger partial charge in [-0.05, 0) is 69.3 Å². The normalized spacial score (nSPS) is 20.5. The van der Waals surface area contributed by atoms with Crippen molar-refractivity contribution in [1.29, 1.82) is 0 Å². The van der Waals surface area contributed by atoms with E-state index in [1.54, 1.807) is 5.56 Å². The third-order valence-electron chi connectivity index (χ3n) is 4.95. The summed E-state index contributed by atoms with van der Waals surface area (Å²) in [6, 6.07) is 4.87. The molecule has 0 saturated carbocycles. The second-order valence-electron chi connectivity index (χ2n) is 7.29. The lowest BCUT2D eigenvalue weighted by atomic mass is 9.79. The molecule has 0 amide bonds. The molecule has 0 aliphatic carbocycles. The predicted molar refractivity (Wildman–Crippen MR) is 93.3 cm³/mol. The van der Waals surface area contributed by atoms with Crippen LogP contribution in [0.2, 0.25) is 0 Å². The fourth-order valence-electron chi connectivity index (χ4n) is 3.80. The van der Waals surface area contributed by atoms with Gasteiger partial charge >= 0.3 is 0 Å². The Morgan fingerprint density at radius 2 is 2.05 bits per heavy atom. The average molecular weight is 288 g/mol. The number of unbranched alkanes of at least 4 members (excludes halogenated alkanes) is 1. The maximum atomic E-state index is 3.29. The van der Waals surface area contributed by atoms with Gasteiger partial charge in [0.15, 0.2) is 0 Å². The van der Waals surface area contributed by atoms with Crippen molar-refractivity contribution < 1.29 is 0 Å². The molecule has 1 aromatic carbocycles. The molecule has 0 unspecified atom stereocenters. The standard InChI is InChI=1S/C19H32N2/c1-7-8-9-21-18-10-14(2)16(13-20-6)11-17(18)15(3)12-19(21,4)5/h10-11,15,20H,7-9,12-13H2,1-6H3/t15-/m1/s1. The number of nitrogens with one attached hydrogen (secondary N) is 1. The predicted octanol–water partition coefficient (Wildman–Crippen LogP) is 4.61. The minimum atomic E-state index is 0.262. The van der Waals surface area contributed by atoms with Gasteiger partial charge in [-0.2, -0.15) is 0 Å². The van der Waals surface area contributed by atoms with Crippen molar-refractivity contribution in [3.05, 3.63) is 28.8 Å². The molecular weight excluding hydrogens is 256 g/mol. The Labute approximate surface area is 130 Å². The van der Waals surface area contributed by atoms with E-state index in [0.717, 1.165) is 6.54 Å². The van der Waals surface area contributed by atoms with Crippen LogP contribution in [0.1, 0.15) is 69.6 Å². The van der Waals surface area contributed by atoms with Crippen molar-refractivity contribution in [1.82, 2.24) is 5.32 Å². The fourth-order valence-corrected chi connectivity index (χ4v) is 3.80. The molecule has 2 nitrogen and oxygen atoms in total. The third-order valence-corrected chi connectivity index (χ3v) is 4.95. The van der Waals surface area contributed by atoms with Crippen LogP contribution in [0.4, 0.5) is 5.69 Å². The zero-order valence-corrected chi connectivity index (χ0v) is 14.7. The Bertz CT molecular complexity index is 491. The highest BCUT2D eigenvalue weighted by molar-refractivity contribution is 5.62. The van der Waals surface area contributed by atoms with Gasteiger partial charge in [0.25, 0.3) is 0 Å². The van der Waals surface area contributed by atoms with Crippen LogP contribution in [0.25, 0.3) is 0 Å². The molecule has 118 valence electrons. The molecule has 0 radical (unpaired) electrons. The molecule has 1 aliphatic rings. The Balaban J connectivity index is 2.46. The number of hydrogen-bond donors (Lipinski definition) is 1. The van der Waals surface area contributed by atoms with Crippen LogP contribution >= 0.6 is 0 Å². The Kier molecular flexibility index (Phi) is 4.98. The molecule has 0 bridgehead atoms. The van der Waals surface area contributed by atoms with Gasteiger partial charge in [-0.15, -0.1) is 0 Å². The summed E-state index contributed by atoms with van der Waals surface area (Å²) in [6.45, 7) is 13.9. The number of aryl methyl sites for hydroxylation is 1. The summed E-state index contributed by atoms with van der Waals surface area (Å²) in [5, 5.41) is 3.29. The average Bonchev–Trinajstić information content (AvgIpc) is 2.40. The Hall–Kier alpha value is -1.02. The molecule has 2 heteroatoms. The van der Waals surface area contributed by atoms with Gasteiger partial charge in [0.2, 0.25) is 0 Å². The molecule has 1 aromatic rings. The van der Waals surface area contributed by atoms with E-state index >= 15 is 0 Å². The summed E-state index contributed by atoms with van der Waals surface area (Å²) in [6.07, 6.45) is 3.77. The largest absolute Gasteiger partial charge is 0.366 e. The lowest BCUT2D eigenvalue weighted by Gasteiger charge is -2.48. The van der Waals surface area contributed by atoms with E-state index < -0.39 is 0 Å². The van der Waals surface area contributed by atoms with Crippen molar-refractivity contribution in [2.24, 2.45) is 0 Å². The van der Waals surface area contributed by atoms with Gasteiger partial charge in [-0.3, -0.25) is 0 Å². The Morgan fingerprint density at radius 3 is 2.67 bits per heavy atom. The number of hydrogen-bond acceptors (Lipinski definition) is 2. The maximum absolute atomic E-state index is 3.29. The number of benzene rings is 1.